The summed E-state index contributed by atoms with van der Waals surface area (Å²) in [6.07, 6.45) is 6.22. The Balaban J connectivity index is 1.47. The fourth-order valence-electron chi connectivity index (χ4n) is 2.78. The predicted molar refractivity (Wildman–Crippen MR) is 91.3 cm³/mol. The molecule has 3 aromatic heterocycles. The van der Waals surface area contributed by atoms with E-state index in [4.69, 9.17) is 4.42 Å². The van der Waals surface area contributed by atoms with Crippen LogP contribution in [0, 0.1) is 0 Å². The second-order valence-electron chi connectivity index (χ2n) is 5.36. The van der Waals surface area contributed by atoms with E-state index in [1.54, 1.807) is 17.4 Å². The summed E-state index contributed by atoms with van der Waals surface area (Å²) in [5.41, 5.74) is 1.32. The van der Waals surface area contributed by atoms with Crippen molar-refractivity contribution in [2.45, 2.75) is 24.3 Å². The molecule has 0 radical (unpaired) electrons. The number of carbonyl (C=O) groups is 2. The van der Waals surface area contributed by atoms with Crippen LogP contribution in [0.25, 0.3) is 10.2 Å². The third kappa shape index (κ3) is 2.83. The lowest BCUT2D eigenvalue weighted by atomic mass is 10.2. The number of hydrogen-bond acceptors (Lipinski definition) is 7. The van der Waals surface area contributed by atoms with Gasteiger partial charge in [0, 0.05) is 10.3 Å². The van der Waals surface area contributed by atoms with Crippen LogP contribution in [0.5, 0.6) is 0 Å². The highest BCUT2D eigenvalue weighted by molar-refractivity contribution is 8.00. The lowest BCUT2D eigenvalue weighted by Crippen LogP contribution is -2.31. The molecule has 0 atom stereocenters. The zero-order valence-corrected chi connectivity index (χ0v) is 14.2. The van der Waals surface area contributed by atoms with Gasteiger partial charge in [-0.3, -0.25) is 14.9 Å². The summed E-state index contributed by atoms with van der Waals surface area (Å²) in [4.78, 5) is 34.8. The van der Waals surface area contributed by atoms with E-state index in [1.165, 1.54) is 40.9 Å². The van der Waals surface area contributed by atoms with Crippen molar-refractivity contribution in [2.75, 3.05) is 5.75 Å². The van der Waals surface area contributed by atoms with Crippen molar-refractivity contribution in [2.24, 2.45) is 0 Å². The number of hydrogen-bond donors (Lipinski definition) is 1. The van der Waals surface area contributed by atoms with E-state index in [-0.39, 0.29) is 17.4 Å². The first-order chi connectivity index (χ1) is 11.7. The fraction of sp³-hybridized carbons (Fsp3) is 0.250. The van der Waals surface area contributed by atoms with Crippen LogP contribution in [-0.4, -0.2) is 27.5 Å². The topological polar surface area (TPSA) is 85.1 Å². The SMILES string of the molecule is O=C(CSc1ncnc2sc3c(c12)CCC3)NC(=O)c1ccco1. The Hall–Kier alpha value is -2.19. The monoisotopic (exact) mass is 359 g/mol. The summed E-state index contributed by atoms with van der Waals surface area (Å²) in [7, 11) is 0. The van der Waals surface area contributed by atoms with Crippen LogP contribution in [0.3, 0.4) is 0 Å². The largest absolute Gasteiger partial charge is 0.459 e. The molecule has 2 amide bonds. The fourth-order valence-corrected chi connectivity index (χ4v) is 4.89. The number of imide groups is 1. The van der Waals surface area contributed by atoms with Gasteiger partial charge in [0.1, 0.15) is 16.2 Å². The van der Waals surface area contributed by atoms with Crippen LogP contribution in [0.1, 0.15) is 27.4 Å². The molecule has 0 aliphatic heterocycles. The normalized spacial score (nSPS) is 13.2. The Kier molecular flexibility index (Phi) is 4.07. The summed E-state index contributed by atoms with van der Waals surface area (Å²) in [6, 6.07) is 3.11. The summed E-state index contributed by atoms with van der Waals surface area (Å²) in [5, 5.41) is 4.19. The van der Waals surface area contributed by atoms with Gasteiger partial charge in [-0.15, -0.1) is 11.3 Å². The maximum Gasteiger partial charge on any atom is 0.293 e. The number of furan rings is 1. The van der Waals surface area contributed by atoms with Gasteiger partial charge in [0.05, 0.1) is 12.0 Å². The number of thiophene rings is 1. The standard InChI is InChI=1S/C16H13N3O3S2/c20-12(19-14(21)10-4-2-6-22-10)7-23-15-13-9-3-1-5-11(9)24-16(13)18-8-17-15/h2,4,6,8H,1,3,5,7H2,(H,19,20,21). The van der Waals surface area contributed by atoms with E-state index < -0.39 is 5.91 Å². The number of amides is 2. The van der Waals surface area contributed by atoms with Crippen molar-refractivity contribution in [3.8, 4) is 0 Å². The summed E-state index contributed by atoms with van der Waals surface area (Å²) >= 11 is 3.04. The van der Waals surface area contributed by atoms with E-state index >= 15 is 0 Å². The molecule has 4 rings (SSSR count). The van der Waals surface area contributed by atoms with E-state index in [9.17, 15) is 9.59 Å². The maximum atomic E-state index is 12.0. The van der Waals surface area contributed by atoms with Gasteiger partial charge < -0.3 is 4.42 Å². The minimum atomic E-state index is -0.533. The van der Waals surface area contributed by atoms with Gasteiger partial charge in [-0.2, -0.15) is 0 Å². The maximum absolute atomic E-state index is 12.0. The zero-order valence-electron chi connectivity index (χ0n) is 12.6. The number of nitrogens with zero attached hydrogens (tertiary/aromatic N) is 2. The molecule has 1 N–H and O–H groups in total. The van der Waals surface area contributed by atoms with Gasteiger partial charge in [0.15, 0.2) is 5.76 Å². The van der Waals surface area contributed by atoms with Crippen LogP contribution in [0.4, 0.5) is 0 Å². The highest BCUT2D eigenvalue weighted by Gasteiger charge is 2.22. The summed E-state index contributed by atoms with van der Waals surface area (Å²) in [5.74, 6) is -0.674. The molecule has 1 aliphatic rings. The average Bonchev–Trinajstić information content (AvgIpc) is 3.28. The summed E-state index contributed by atoms with van der Waals surface area (Å²) < 4.78 is 4.97. The molecule has 0 spiro atoms. The lowest BCUT2D eigenvalue weighted by Gasteiger charge is -2.04. The van der Waals surface area contributed by atoms with Crippen LogP contribution < -0.4 is 5.32 Å². The first kappa shape index (κ1) is 15.3. The molecular weight excluding hydrogens is 346 g/mol. The van der Waals surface area contributed by atoms with Gasteiger partial charge in [-0.25, -0.2) is 9.97 Å². The number of rotatable bonds is 4. The molecule has 0 bridgehead atoms. The van der Waals surface area contributed by atoms with Gasteiger partial charge in [-0.05, 0) is 37.0 Å². The van der Waals surface area contributed by atoms with Crippen LogP contribution >= 0.6 is 23.1 Å². The summed E-state index contributed by atoms with van der Waals surface area (Å²) in [6.45, 7) is 0. The highest BCUT2D eigenvalue weighted by atomic mass is 32.2. The molecule has 3 heterocycles. The molecule has 8 heteroatoms. The van der Waals surface area contributed by atoms with E-state index in [1.807, 2.05) is 0 Å². The predicted octanol–water partition coefficient (Wildman–Crippen LogP) is 2.82. The van der Waals surface area contributed by atoms with E-state index in [0.29, 0.717) is 0 Å². The second kappa shape index (κ2) is 6.37. The van der Waals surface area contributed by atoms with Gasteiger partial charge in [0.25, 0.3) is 5.91 Å². The lowest BCUT2D eigenvalue weighted by molar-refractivity contribution is -0.117. The van der Waals surface area contributed by atoms with Gasteiger partial charge in [0.2, 0.25) is 5.91 Å². The molecule has 0 saturated heterocycles. The van der Waals surface area contributed by atoms with Crippen molar-refractivity contribution in [3.63, 3.8) is 0 Å². The molecule has 24 heavy (non-hydrogen) atoms. The first-order valence-electron chi connectivity index (χ1n) is 7.48. The number of nitrogens with one attached hydrogen (secondary N) is 1. The average molecular weight is 359 g/mol. The van der Waals surface area contributed by atoms with Crippen LogP contribution in [0.15, 0.2) is 34.2 Å². The van der Waals surface area contributed by atoms with Crippen molar-refractivity contribution < 1.29 is 14.0 Å². The van der Waals surface area contributed by atoms with Gasteiger partial charge in [-0.1, -0.05) is 11.8 Å². The quantitative estimate of drug-likeness (QED) is 0.569. The Morgan fingerprint density at radius 2 is 2.25 bits per heavy atom. The highest BCUT2D eigenvalue weighted by Crippen LogP contribution is 2.39. The Morgan fingerprint density at radius 1 is 1.33 bits per heavy atom. The van der Waals surface area contributed by atoms with E-state index in [2.05, 4.69) is 15.3 Å². The minimum absolute atomic E-state index is 0.114. The smallest absolute Gasteiger partial charge is 0.293 e. The Labute approximate surface area is 145 Å². The number of carbonyl (C=O) groups excluding carboxylic acids is 2. The van der Waals surface area contributed by atoms with Crippen molar-refractivity contribution in [3.05, 3.63) is 40.9 Å². The van der Waals surface area contributed by atoms with Crippen molar-refractivity contribution >= 4 is 45.1 Å². The molecule has 3 aromatic rings. The number of fused-ring (bicyclic) bond motifs is 3. The molecule has 0 saturated carbocycles. The molecule has 122 valence electrons. The van der Waals surface area contributed by atoms with Crippen molar-refractivity contribution in [1.82, 2.24) is 15.3 Å². The van der Waals surface area contributed by atoms with Crippen LogP contribution in [-0.2, 0) is 17.6 Å². The second-order valence-corrected chi connectivity index (χ2v) is 7.41. The van der Waals surface area contributed by atoms with Crippen LogP contribution in [0.2, 0.25) is 0 Å². The number of aromatic nitrogens is 2. The molecule has 1 aliphatic carbocycles. The third-order valence-corrected chi connectivity index (χ3v) is 5.99. The molecule has 0 unspecified atom stereocenters. The Bertz CT molecular complexity index is 918. The first-order valence-corrected chi connectivity index (χ1v) is 9.28. The van der Waals surface area contributed by atoms with Gasteiger partial charge >= 0.3 is 0 Å². The number of aryl methyl sites for hydroxylation is 2. The Morgan fingerprint density at radius 3 is 3.08 bits per heavy atom. The zero-order chi connectivity index (χ0) is 16.5. The minimum Gasteiger partial charge on any atom is -0.459 e. The molecular formula is C16H13N3O3S2. The van der Waals surface area contributed by atoms with E-state index in [0.717, 1.165) is 34.5 Å². The molecule has 0 fully saturated rings. The number of thioether (sulfide) groups is 1. The molecule has 6 nitrogen and oxygen atoms in total. The molecule has 0 aromatic carbocycles. The van der Waals surface area contributed by atoms with Crippen molar-refractivity contribution in [1.29, 1.82) is 0 Å². The third-order valence-electron chi connectivity index (χ3n) is 3.80.